The normalized spacial score (nSPS) is 11.0. The van der Waals surface area contributed by atoms with Gasteiger partial charge in [-0.15, -0.1) is 0 Å². The van der Waals surface area contributed by atoms with Crippen LogP contribution >= 0.6 is 0 Å². The highest BCUT2D eigenvalue weighted by molar-refractivity contribution is 5.96. The molecule has 0 atom stereocenters. The van der Waals surface area contributed by atoms with Gasteiger partial charge < -0.3 is 14.7 Å². The molecular formula is C13H14FNO4. The lowest BCUT2D eigenvalue weighted by molar-refractivity contribution is -0.139. The first-order chi connectivity index (χ1) is 8.93. The van der Waals surface area contributed by atoms with Crippen LogP contribution in [0, 0.1) is 5.82 Å². The van der Waals surface area contributed by atoms with E-state index in [0.29, 0.717) is 5.56 Å². The number of benzene rings is 1. The van der Waals surface area contributed by atoms with Crippen molar-refractivity contribution < 1.29 is 23.8 Å². The standard InChI is InChI=1S/C13H14FNO4/c1-15(8-9-4-3-5-10(14)6-9)12(17)7-11(16)13(18)19-2/h3-7,16H,8H2,1-2H3. The van der Waals surface area contributed by atoms with Gasteiger partial charge in [-0.05, 0) is 17.7 Å². The number of likely N-dealkylation sites (N-methyl/N-ethyl adjacent to an activating group) is 1. The van der Waals surface area contributed by atoms with Gasteiger partial charge in [0.25, 0.3) is 5.91 Å². The molecule has 0 aliphatic rings. The predicted molar refractivity (Wildman–Crippen MR) is 65.6 cm³/mol. The largest absolute Gasteiger partial charge is 0.502 e. The number of carbonyl (C=O) groups excluding carboxylic acids is 2. The molecule has 0 heterocycles. The second kappa shape index (κ2) is 6.53. The summed E-state index contributed by atoms with van der Waals surface area (Å²) in [5.41, 5.74) is 0.599. The lowest BCUT2D eigenvalue weighted by Gasteiger charge is -2.15. The van der Waals surface area contributed by atoms with Crippen LogP contribution in [0.25, 0.3) is 0 Å². The SMILES string of the molecule is COC(=O)C(O)=CC(=O)N(C)Cc1cccc(F)c1. The van der Waals surface area contributed by atoms with Gasteiger partial charge in [-0.25, -0.2) is 9.18 Å². The molecule has 102 valence electrons. The summed E-state index contributed by atoms with van der Waals surface area (Å²) >= 11 is 0. The summed E-state index contributed by atoms with van der Waals surface area (Å²) in [6.07, 6.45) is 0.755. The van der Waals surface area contributed by atoms with Crippen molar-refractivity contribution in [2.75, 3.05) is 14.2 Å². The fourth-order valence-corrected chi connectivity index (χ4v) is 1.38. The van der Waals surface area contributed by atoms with E-state index in [4.69, 9.17) is 0 Å². The van der Waals surface area contributed by atoms with Crippen molar-refractivity contribution in [3.8, 4) is 0 Å². The van der Waals surface area contributed by atoms with Crippen LogP contribution in [-0.4, -0.2) is 36.0 Å². The molecule has 0 bridgehead atoms. The van der Waals surface area contributed by atoms with E-state index >= 15 is 0 Å². The van der Waals surface area contributed by atoms with Gasteiger partial charge in [0.05, 0.1) is 13.2 Å². The maximum Gasteiger partial charge on any atom is 0.373 e. The Morgan fingerprint density at radius 3 is 2.74 bits per heavy atom. The molecule has 1 rings (SSSR count). The molecule has 6 heteroatoms. The van der Waals surface area contributed by atoms with Crippen LogP contribution in [-0.2, 0) is 20.9 Å². The number of aliphatic hydroxyl groups is 1. The zero-order valence-electron chi connectivity index (χ0n) is 10.6. The summed E-state index contributed by atoms with van der Waals surface area (Å²) < 4.78 is 17.2. The second-order valence-corrected chi connectivity index (χ2v) is 3.85. The fourth-order valence-electron chi connectivity index (χ4n) is 1.38. The second-order valence-electron chi connectivity index (χ2n) is 3.85. The molecule has 0 unspecified atom stereocenters. The average molecular weight is 267 g/mol. The van der Waals surface area contributed by atoms with Gasteiger partial charge in [0.1, 0.15) is 5.82 Å². The van der Waals surface area contributed by atoms with Crippen molar-refractivity contribution in [3.63, 3.8) is 0 Å². The van der Waals surface area contributed by atoms with Crippen LogP contribution in [0.3, 0.4) is 0 Å². The molecule has 0 aliphatic heterocycles. The first-order valence-corrected chi connectivity index (χ1v) is 5.42. The molecule has 0 aromatic heterocycles. The Kier molecular flexibility index (Phi) is 5.05. The van der Waals surface area contributed by atoms with Gasteiger partial charge in [0.2, 0.25) is 5.76 Å². The van der Waals surface area contributed by atoms with Crippen LogP contribution in [0.2, 0.25) is 0 Å². The highest BCUT2D eigenvalue weighted by Gasteiger charge is 2.13. The van der Waals surface area contributed by atoms with Crippen molar-refractivity contribution >= 4 is 11.9 Å². The van der Waals surface area contributed by atoms with Crippen LogP contribution in [0.4, 0.5) is 4.39 Å². The zero-order valence-corrected chi connectivity index (χ0v) is 10.6. The molecule has 1 aromatic rings. The Balaban J connectivity index is 2.70. The summed E-state index contributed by atoms with van der Waals surface area (Å²) in [7, 11) is 2.56. The van der Waals surface area contributed by atoms with Gasteiger partial charge in [-0.2, -0.15) is 0 Å². The average Bonchev–Trinajstić information content (AvgIpc) is 2.37. The molecule has 0 spiro atoms. The summed E-state index contributed by atoms with van der Waals surface area (Å²) in [4.78, 5) is 23.8. The number of halogens is 1. The third-order valence-electron chi connectivity index (χ3n) is 2.34. The number of methoxy groups -OCH3 is 1. The number of esters is 1. The van der Waals surface area contributed by atoms with E-state index in [1.54, 1.807) is 6.07 Å². The monoisotopic (exact) mass is 267 g/mol. The Morgan fingerprint density at radius 2 is 2.16 bits per heavy atom. The number of amides is 1. The lowest BCUT2D eigenvalue weighted by Crippen LogP contribution is -2.25. The van der Waals surface area contributed by atoms with E-state index in [1.807, 2.05) is 0 Å². The number of aliphatic hydroxyl groups excluding tert-OH is 1. The van der Waals surface area contributed by atoms with Gasteiger partial charge >= 0.3 is 5.97 Å². The highest BCUT2D eigenvalue weighted by atomic mass is 19.1. The molecular weight excluding hydrogens is 253 g/mol. The Morgan fingerprint density at radius 1 is 1.47 bits per heavy atom. The summed E-state index contributed by atoms with van der Waals surface area (Å²) in [6, 6.07) is 5.80. The Hall–Kier alpha value is -2.37. The van der Waals surface area contributed by atoms with Crippen LogP contribution in [0.15, 0.2) is 36.1 Å². The fraction of sp³-hybridized carbons (Fsp3) is 0.231. The number of hydrogen-bond donors (Lipinski definition) is 1. The summed E-state index contributed by atoms with van der Waals surface area (Å²) in [6.45, 7) is 0.154. The van der Waals surface area contributed by atoms with E-state index in [1.165, 1.54) is 30.1 Å². The quantitative estimate of drug-likeness (QED) is 0.508. The predicted octanol–water partition coefficient (Wildman–Crippen LogP) is 1.40. The molecule has 0 saturated heterocycles. The maximum atomic E-state index is 13.0. The van der Waals surface area contributed by atoms with Gasteiger partial charge in [0.15, 0.2) is 0 Å². The number of hydrogen-bond acceptors (Lipinski definition) is 4. The third kappa shape index (κ3) is 4.42. The third-order valence-corrected chi connectivity index (χ3v) is 2.34. The van der Waals surface area contributed by atoms with Crippen molar-refractivity contribution in [1.29, 1.82) is 0 Å². The topological polar surface area (TPSA) is 66.8 Å². The van der Waals surface area contributed by atoms with Gasteiger partial charge in [0, 0.05) is 13.6 Å². The Labute approximate surface area is 109 Å². The molecule has 0 fully saturated rings. The molecule has 1 aromatic carbocycles. The first-order valence-electron chi connectivity index (χ1n) is 5.42. The van der Waals surface area contributed by atoms with Gasteiger partial charge in [-0.1, -0.05) is 12.1 Å². The van der Waals surface area contributed by atoms with Crippen LogP contribution in [0.1, 0.15) is 5.56 Å². The molecule has 0 radical (unpaired) electrons. The van der Waals surface area contributed by atoms with Crippen LogP contribution in [0.5, 0.6) is 0 Å². The molecule has 0 aliphatic carbocycles. The van der Waals surface area contributed by atoms with Crippen molar-refractivity contribution in [1.82, 2.24) is 4.90 Å². The van der Waals surface area contributed by atoms with E-state index in [-0.39, 0.29) is 6.54 Å². The van der Waals surface area contributed by atoms with Crippen molar-refractivity contribution in [2.45, 2.75) is 6.54 Å². The van der Waals surface area contributed by atoms with Gasteiger partial charge in [-0.3, -0.25) is 4.79 Å². The number of carbonyl (C=O) groups is 2. The van der Waals surface area contributed by atoms with E-state index < -0.39 is 23.5 Å². The molecule has 5 nitrogen and oxygen atoms in total. The van der Waals surface area contributed by atoms with Crippen molar-refractivity contribution in [3.05, 3.63) is 47.5 Å². The van der Waals surface area contributed by atoms with Crippen LogP contribution < -0.4 is 0 Å². The van der Waals surface area contributed by atoms with E-state index in [0.717, 1.165) is 13.2 Å². The number of ether oxygens (including phenoxy) is 1. The summed E-state index contributed by atoms with van der Waals surface area (Å²) in [5, 5.41) is 9.23. The Bertz CT molecular complexity index is 513. The first kappa shape index (κ1) is 14.7. The minimum absolute atomic E-state index is 0.154. The smallest absolute Gasteiger partial charge is 0.373 e. The number of nitrogens with zero attached hydrogens (tertiary/aromatic N) is 1. The molecule has 1 amide bonds. The molecule has 19 heavy (non-hydrogen) atoms. The minimum atomic E-state index is -0.993. The molecule has 0 saturated carbocycles. The van der Waals surface area contributed by atoms with Crippen molar-refractivity contribution in [2.24, 2.45) is 0 Å². The number of rotatable bonds is 4. The van der Waals surface area contributed by atoms with E-state index in [9.17, 15) is 19.1 Å². The molecule has 1 N–H and O–H groups in total. The lowest BCUT2D eigenvalue weighted by atomic mass is 10.2. The maximum absolute atomic E-state index is 13.0. The minimum Gasteiger partial charge on any atom is -0.502 e. The van der Waals surface area contributed by atoms with E-state index in [2.05, 4.69) is 4.74 Å². The summed E-state index contributed by atoms with van der Waals surface area (Å²) in [5.74, 6) is -2.76. The zero-order chi connectivity index (χ0) is 14.4. The highest BCUT2D eigenvalue weighted by Crippen LogP contribution is 2.07.